The van der Waals surface area contributed by atoms with Crippen LogP contribution in [0.3, 0.4) is 0 Å². The van der Waals surface area contributed by atoms with Gasteiger partial charge in [0.1, 0.15) is 17.9 Å². The maximum absolute atomic E-state index is 12.7. The Balaban J connectivity index is 1.54. The lowest BCUT2D eigenvalue weighted by molar-refractivity contribution is -0.128. The monoisotopic (exact) mass is 490 g/mol. The number of halogens is 1. The minimum absolute atomic E-state index is 0.0261. The van der Waals surface area contributed by atoms with Gasteiger partial charge >= 0.3 is 0 Å². The minimum Gasteiger partial charge on any atom is -0.451 e. The number of carbonyl (C=O) groups is 5. The van der Waals surface area contributed by atoms with Gasteiger partial charge in [0.15, 0.2) is 5.76 Å². The van der Waals surface area contributed by atoms with Crippen molar-refractivity contribution in [2.75, 3.05) is 13.1 Å². The first-order valence-corrected chi connectivity index (χ1v) is 11.4. The summed E-state index contributed by atoms with van der Waals surface area (Å²) in [5.74, 6) is -2.45. The lowest BCUT2D eigenvalue weighted by Gasteiger charge is -2.21. The molecule has 2 aromatic rings. The summed E-state index contributed by atoms with van der Waals surface area (Å²) in [5, 5.41) is 11.4. The van der Waals surface area contributed by atoms with E-state index in [1.54, 1.807) is 32.0 Å². The molecule has 1 aromatic heterocycles. The molecular weight excluding hydrogens is 464 g/mol. The highest BCUT2D eigenvalue weighted by molar-refractivity contribution is 6.31. The normalized spacial score (nSPS) is 17.2. The third-order valence-corrected chi connectivity index (χ3v) is 5.81. The van der Waals surface area contributed by atoms with Crippen LogP contribution in [0.1, 0.15) is 37.2 Å². The second kappa shape index (κ2) is 11.1. The number of aldehydes is 1. The molecule has 0 radical (unpaired) electrons. The third kappa shape index (κ3) is 6.34. The van der Waals surface area contributed by atoms with Crippen LogP contribution in [0.5, 0.6) is 0 Å². The summed E-state index contributed by atoms with van der Waals surface area (Å²) >= 11 is 5.96. The first-order valence-electron chi connectivity index (χ1n) is 11.0. The molecule has 0 spiro atoms. The van der Waals surface area contributed by atoms with Crippen LogP contribution < -0.4 is 21.3 Å². The number of furan rings is 1. The van der Waals surface area contributed by atoms with Crippen LogP contribution in [-0.4, -0.2) is 55.1 Å². The van der Waals surface area contributed by atoms with Gasteiger partial charge in [0.2, 0.25) is 17.7 Å². The Labute approximate surface area is 201 Å². The summed E-state index contributed by atoms with van der Waals surface area (Å²) in [5.41, 5.74) is 0.483. The number of carbonyl (C=O) groups excluding carboxylic acids is 5. The Kier molecular flexibility index (Phi) is 8.27. The molecule has 1 fully saturated rings. The summed E-state index contributed by atoms with van der Waals surface area (Å²) in [6.45, 7) is 3.65. The van der Waals surface area contributed by atoms with Gasteiger partial charge in [-0.25, -0.2) is 0 Å². The van der Waals surface area contributed by atoms with Crippen LogP contribution in [0.4, 0.5) is 0 Å². The molecule has 0 saturated carbocycles. The van der Waals surface area contributed by atoms with Crippen LogP contribution in [0, 0.1) is 11.8 Å². The SMILES string of the molecule is CC(C)[C@H](NC(=O)c1cc2cc(Cl)ccc2o1)C(=O)NCC(=O)N[C@H](C=O)C[C@@H]1CCNC1=O. The Bertz CT molecular complexity index is 1100. The minimum atomic E-state index is -0.929. The van der Waals surface area contributed by atoms with Crippen molar-refractivity contribution in [3.05, 3.63) is 35.0 Å². The molecule has 1 aromatic carbocycles. The van der Waals surface area contributed by atoms with Crippen LogP contribution in [-0.2, 0) is 19.2 Å². The van der Waals surface area contributed by atoms with Gasteiger partial charge in [0.05, 0.1) is 12.6 Å². The van der Waals surface area contributed by atoms with Crippen LogP contribution in [0.2, 0.25) is 5.02 Å². The molecule has 11 heteroatoms. The Hall–Kier alpha value is -3.40. The molecule has 2 heterocycles. The Morgan fingerprint density at radius 2 is 2.00 bits per heavy atom. The van der Waals surface area contributed by atoms with Crippen molar-refractivity contribution in [1.82, 2.24) is 21.3 Å². The molecule has 1 aliphatic heterocycles. The van der Waals surface area contributed by atoms with Crippen LogP contribution in [0.25, 0.3) is 11.0 Å². The van der Waals surface area contributed by atoms with Gasteiger partial charge in [0, 0.05) is 22.9 Å². The first-order chi connectivity index (χ1) is 16.2. The number of amides is 4. The quantitative estimate of drug-likeness (QED) is 0.367. The van der Waals surface area contributed by atoms with Crippen molar-refractivity contribution in [3.63, 3.8) is 0 Å². The summed E-state index contributed by atoms with van der Waals surface area (Å²) in [6.07, 6.45) is 1.37. The van der Waals surface area contributed by atoms with E-state index in [1.165, 1.54) is 6.07 Å². The Morgan fingerprint density at radius 1 is 1.24 bits per heavy atom. The number of hydrogen-bond donors (Lipinski definition) is 4. The largest absolute Gasteiger partial charge is 0.451 e. The van der Waals surface area contributed by atoms with E-state index in [9.17, 15) is 24.0 Å². The molecule has 0 aliphatic carbocycles. The van der Waals surface area contributed by atoms with Crippen molar-refractivity contribution >= 4 is 52.5 Å². The summed E-state index contributed by atoms with van der Waals surface area (Å²) in [7, 11) is 0. The molecule has 182 valence electrons. The molecule has 10 nitrogen and oxygen atoms in total. The van der Waals surface area contributed by atoms with E-state index in [0.717, 1.165) is 0 Å². The van der Waals surface area contributed by atoms with Gasteiger partial charge in [-0.15, -0.1) is 0 Å². The van der Waals surface area contributed by atoms with E-state index >= 15 is 0 Å². The van der Waals surface area contributed by atoms with Gasteiger partial charge in [-0.2, -0.15) is 0 Å². The lowest BCUT2D eigenvalue weighted by Crippen LogP contribution is -2.52. The molecular formula is C23H27ClN4O6. The topological polar surface area (TPSA) is 147 Å². The van der Waals surface area contributed by atoms with E-state index in [1.807, 2.05) is 0 Å². The molecule has 3 atom stereocenters. The Morgan fingerprint density at radius 3 is 2.65 bits per heavy atom. The van der Waals surface area contributed by atoms with E-state index in [0.29, 0.717) is 35.2 Å². The second-order valence-corrected chi connectivity index (χ2v) is 8.96. The summed E-state index contributed by atoms with van der Waals surface area (Å²) < 4.78 is 5.53. The molecule has 4 amide bonds. The maximum Gasteiger partial charge on any atom is 0.287 e. The predicted molar refractivity (Wildman–Crippen MR) is 124 cm³/mol. The molecule has 0 bridgehead atoms. The van der Waals surface area contributed by atoms with Crippen molar-refractivity contribution < 1.29 is 28.4 Å². The average Bonchev–Trinajstić information content (AvgIpc) is 3.40. The van der Waals surface area contributed by atoms with E-state index in [2.05, 4.69) is 21.3 Å². The first kappa shape index (κ1) is 25.2. The fourth-order valence-corrected chi connectivity index (χ4v) is 3.91. The summed E-state index contributed by atoms with van der Waals surface area (Å²) in [6, 6.07) is 4.71. The van der Waals surface area contributed by atoms with Crippen LogP contribution in [0.15, 0.2) is 28.7 Å². The van der Waals surface area contributed by atoms with Crippen molar-refractivity contribution in [1.29, 1.82) is 0 Å². The van der Waals surface area contributed by atoms with Crippen LogP contribution >= 0.6 is 11.6 Å². The lowest BCUT2D eigenvalue weighted by atomic mass is 9.99. The van der Waals surface area contributed by atoms with E-state index in [-0.39, 0.29) is 36.5 Å². The number of nitrogens with one attached hydrogen (secondary N) is 4. The van der Waals surface area contributed by atoms with Gasteiger partial charge in [-0.05, 0) is 43.0 Å². The van der Waals surface area contributed by atoms with E-state index < -0.39 is 29.8 Å². The van der Waals surface area contributed by atoms with Crippen molar-refractivity contribution in [3.8, 4) is 0 Å². The highest BCUT2D eigenvalue weighted by atomic mass is 35.5. The standard InChI is InChI=1S/C23H27ClN4O6/c1-12(2)20(28-22(32)18-9-14-7-15(24)3-4-17(14)34-18)23(33)26-10-19(30)27-16(11-29)8-13-5-6-25-21(13)31/h3-4,7,9,11-13,16,20H,5-6,8,10H2,1-2H3,(H,25,31)(H,26,33)(H,27,30)(H,28,32)/t13-,16-,20-/m0/s1. The van der Waals surface area contributed by atoms with Gasteiger partial charge in [-0.3, -0.25) is 19.2 Å². The summed E-state index contributed by atoms with van der Waals surface area (Å²) in [4.78, 5) is 60.6. The smallest absolute Gasteiger partial charge is 0.287 e. The number of rotatable bonds is 10. The highest BCUT2D eigenvalue weighted by Gasteiger charge is 2.29. The zero-order chi connectivity index (χ0) is 24.8. The second-order valence-electron chi connectivity index (χ2n) is 8.53. The number of hydrogen-bond acceptors (Lipinski definition) is 6. The molecule has 0 unspecified atom stereocenters. The fourth-order valence-electron chi connectivity index (χ4n) is 3.73. The van der Waals surface area contributed by atoms with Gasteiger partial charge in [-0.1, -0.05) is 25.4 Å². The van der Waals surface area contributed by atoms with E-state index in [4.69, 9.17) is 16.0 Å². The number of benzene rings is 1. The van der Waals surface area contributed by atoms with Gasteiger partial charge < -0.3 is 30.5 Å². The van der Waals surface area contributed by atoms with Crippen molar-refractivity contribution in [2.45, 2.75) is 38.8 Å². The fraction of sp³-hybridized carbons (Fsp3) is 0.435. The highest BCUT2D eigenvalue weighted by Crippen LogP contribution is 2.23. The third-order valence-electron chi connectivity index (χ3n) is 5.57. The maximum atomic E-state index is 12.7. The molecule has 3 rings (SSSR count). The zero-order valence-corrected chi connectivity index (χ0v) is 19.6. The molecule has 1 saturated heterocycles. The molecule has 4 N–H and O–H groups in total. The zero-order valence-electron chi connectivity index (χ0n) is 18.9. The predicted octanol–water partition coefficient (Wildman–Crippen LogP) is 1.17. The average molecular weight is 491 g/mol. The molecule has 1 aliphatic rings. The molecule has 34 heavy (non-hydrogen) atoms. The van der Waals surface area contributed by atoms with Gasteiger partial charge in [0.25, 0.3) is 5.91 Å². The van der Waals surface area contributed by atoms with Crippen molar-refractivity contribution in [2.24, 2.45) is 11.8 Å². The number of fused-ring (bicyclic) bond motifs is 1.